The smallest absolute Gasteiger partial charge is 0.240 e. The highest BCUT2D eigenvalue weighted by molar-refractivity contribution is 5.86. The molecule has 148 valence electrons. The Labute approximate surface area is 161 Å². The number of nitrogens with one attached hydrogen (secondary N) is 2. The second-order valence-corrected chi connectivity index (χ2v) is 7.54. The van der Waals surface area contributed by atoms with Crippen molar-refractivity contribution in [2.45, 2.75) is 46.1 Å². The quantitative estimate of drug-likeness (QED) is 0.436. The zero-order valence-corrected chi connectivity index (χ0v) is 17.0. The molecule has 1 amide bonds. The Hall–Kier alpha value is -2.64. The minimum Gasteiger partial charge on any atom is -0.357 e. The number of carbonyl (C=O) groups excluding carboxylic acids is 1. The zero-order chi connectivity index (χ0) is 19.9. The van der Waals surface area contributed by atoms with Crippen LogP contribution in [0.15, 0.2) is 29.4 Å². The van der Waals surface area contributed by atoms with Crippen molar-refractivity contribution >= 4 is 17.5 Å². The summed E-state index contributed by atoms with van der Waals surface area (Å²) in [5.41, 5.74) is 0.614. The largest absolute Gasteiger partial charge is 0.357 e. The van der Waals surface area contributed by atoms with Crippen LogP contribution < -0.4 is 10.6 Å². The molecule has 0 saturated heterocycles. The van der Waals surface area contributed by atoms with Gasteiger partial charge in [-0.2, -0.15) is 0 Å². The molecule has 0 radical (unpaired) electrons. The third kappa shape index (κ3) is 6.54. The average molecular weight is 374 g/mol. The van der Waals surface area contributed by atoms with Crippen LogP contribution in [0.2, 0.25) is 0 Å². The van der Waals surface area contributed by atoms with Gasteiger partial charge in [0, 0.05) is 38.3 Å². The van der Waals surface area contributed by atoms with Crippen LogP contribution in [0, 0.1) is 0 Å². The molecule has 2 heterocycles. The van der Waals surface area contributed by atoms with Gasteiger partial charge in [-0.15, -0.1) is 10.2 Å². The summed E-state index contributed by atoms with van der Waals surface area (Å²) >= 11 is 0. The van der Waals surface area contributed by atoms with Gasteiger partial charge in [-0.1, -0.05) is 6.07 Å². The Balaban J connectivity index is 1.89. The highest BCUT2D eigenvalue weighted by atomic mass is 16.2. The van der Waals surface area contributed by atoms with Gasteiger partial charge in [0.05, 0.1) is 6.54 Å². The van der Waals surface area contributed by atoms with Crippen LogP contribution in [-0.4, -0.2) is 63.6 Å². The summed E-state index contributed by atoms with van der Waals surface area (Å²) in [4.78, 5) is 18.6. The lowest BCUT2D eigenvalue weighted by Gasteiger charge is -2.25. The molecule has 0 aliphatic heterocycles. The fourth-order valence-electron chi connectivity index (χ4n) is 2.70. The third-order valence-corrected chi connectivity index (χ3v) is 3.80. The van der Waals surface area contributed by atoms with E-state index >= 15 is 0 Å². The Morgan fingerprint density at radius 1 is 1.30 bits per heavy atom. The fraction of sp³-hybridized carbons (Fsp3) is 0.579. The summed E-state index contributed by atoms with van der Waals surface area (Å²) in [5, 5.41) is 14.6. The normalized spacial score (nSPS) is 12.3. The molecule has 0 aliphatic rings. The minimum atomic E-state index is -0.242. The first-order valence-electron chi connectivity index (χ1n) is 9.39. The van der Waals surface area contributed by atoms with E-state index in [2.05, 4.69) is 25.8 Å². The number of aromatic nitrogens is 3. The number of amides is 1. The summed E-state index contributed by atoms with van der Waals surface area (Å²) < 4.78 is 2.00. The van der Waals surface area contributed by atoms with Crippen molar-refractivity contribution in [1.29, 1.82) is 0 Å². The molecule has 2 aromatic heterocycles. The van der Waals surface area contributed by atoms with Crippen molar-refractivity contribution in [1.82, 2.24) is 30.1 Å². The van der Waals surface area contributed by atoms with Gasteiger partial charge in [0.1, 0.15) is 5.82 Å². The number of nitrogens with zero attached hydrogens (tertiary/aromatic N) is 5. The fourth-order valence-corrected chi connectivity index (χ4v) is 2.70. The lowest BCUT2D eigenvalue weighted by atomic mass is 10.1. The summed E-state index contributed by atoms with van der Waals surface area (Å²) in [6.45, 7) is 9.59. The van der Waals surface area contributed by atoms with Crippen LogP contribution in [0.1, 0.15) is 39.9 Å². The predicted molar refractivity (Wildman–Crippen MR) is 108 cm³/mol. The van der Waals surface area contributed by atoms with Crippen molar-refractivity contribution in [2.75, 3.05) is 26.7 Å². The van der Waals surface area contributed by atoms with E-state index in [-0.39, 0.29) is 18.0 Å². The summed E-state index contributed by atoms with van der Waals surface area (Å²) in [6, 6.07) is 5.86. The molecule has 8 heteroatoms. The molecular formula is C19H31N7O. The number of guanidine groups is 1. The Bertz CT molecular complexity index is 776. The van der Waals surface area contributed by atoms with Crippen LogP contribution in [0.5, 0.6) is 0 Å². The Kier molecular flexibility index (Phi) is 7.15. The standard InChI is InChI=1S/C19H31N7O/c1-6-20-18(25(5)14-17(27)22-19(2,3)4)21-12-9-11-16-24-23-15-10-7-8-13-26(15)16/h7-8,10,13H,6,9,11-12,14H2,1-5H3,(H,20,21)(H,22,27). The molecule has 2 rings (SSSR count). The monoisotopic (exact) mass is 373 g/mol. The van der Waals surface area contributed by atoms with Gasteiger partial charge in [-0.05, 0) is 46.2 Å². The van der Waals surface area contributed by atoms with Gasteiger partial charge in [0.15, 0.2) is 11.6 Å². The van der Waals surface area contributed by atoms with Crippen molar-refractivity contribution in [3.8, 4) is 0 Å². The number of aliphatic imine (C=N–C) groups is 1. The molecule has 0 saturated carbocycles. The molecule has 0 aliphatic carbocycles. The summed E-state index contributed by atoms with van der Waals surface area (Å²) in [7, 11) is 1.87. The van der Waals surface area contributed by atoms with Gasteiger partial charge in [0.25, 0.3) is 0 Å². The average Bonchev–Trinajstić information content (AvgIpc) is 2.99. The molecule has 27 heavy (non-hydrogen) atoms. The van der Waals surface area contributed by atoms with E-state index in [9.17, 15) is 4.79 Å². The topological polar surface area (TPSA) is 86.9 Å². The number of hydrogen-bond acceptors (Lipinski definition) is 4. The Morgan fingerprint density at radius 2 is 2.07 bits per heavy atom. The van der Waals surface area contributed by atoms with Gasteiger partial charge in [-0.25, -0.2) is 0 Å². The van der Waals surface area contributed by atoms with E-state index in [4.69, 9.17) is 0 Å². The number of carbonyl (C=O) groups is 1. The SMILES string of the molecule is CCNC(=NCCCc1nnc2ccccn12)N(C)CC(=O)NC(C)(C)C. The molecule has 8 nitrogen and oxygen atoms in total. The second-order valence-electron chi connectivity index (χ2n) is 7.54. The van der Waals surface area contributed by atoms with Gasteiger partial charge >= 0.3 is 0 Å². The number of fused-ring (bicyclic) bond motifs is 1. The van der Waals surface area contributed by atoms with E-state index < -0.39 is 0 Å². The molecular weight excluding hydrogens is 342 g/mol. The summed E-state index contributed by atoms with van der Waals surface area (Å²) in [6.07, 6.45) is 3.62. The van der Waals surface area contributed by atoms with Crippen molar-refractivity contribution < 1.29 is 4.79 Å². The van der Waals surface area contributed by atoms with Gasteiger partial charge in [0.2, 0.25) is 5.91 Å². The molecule has 0 spiro atoms. The Morgan fingerprint density at radius 3 is 2.78 bits per heavy atom. The van der Waals surface area contributed by atoms with Crippen LogP contribution >= 0.6 is 0 Å². The van der Waals surface area contributed by atoms with Crippen LogP contribution in [0.3, 0.4) is 0 Å². The van der Waals surface area contributed by atoms with Crippen molar-refractivity contribution in [2.24, 2.45) is 4.99 Å². The number of hydrogen-bond donors (Lipinski definition) is 2. The molecule has 0 aromatic carbocycles. The number of likely N-dealkylation sites (N-methyl/N-ethyl adjacent to an activating group) is 1. The van der Waals surface area contributed by atoms with Gasteiger partial charge in [-0.3, -0.25) is 14.2 Å². The van der Waals surface area contributed by atoms with Crippen LogP contribution in [-0.2, 0) is 11.2 Å². The van der Waals surface area contributed by atoms with Crippen LogP contribution in [0.4, 0.5) is 0 Å². The maximum Gasteiger partial charge on any atom is 0.240 e. The van der Waals surface area contributed by atoms with E-state index in [0.29, 0.717) is 6.54 Å². The van der Waals surface area contributed by atoms with E-state index in [1.165, 1.54) is 0 Å². The maximum atomic E-state index is 12.1. The van der Waals surface area contributed by atoms with E-state index in [0.717, 1.165) is 36.8 Å². The zero-order valence-electron chi connectivity index (χ0n) is 17.0. The van der Waals surface area contributed by atoms with Crippen LogP contribution in [0.25, 0.3) is 5.65 Å². The lowest BCUT2D eigenvalue weighted by molar-refractivity contribution is -0.122. The minimum absolute atomic E-state index is 0.0227. The number of pyridine rings is 1. The van der Waals surface area contributed by atoms with Crippen molar-refractivity contribution in [3.05, 3.63) is 30.2 Å². The maximum absolute atomic E-state index is 12.1. The molecule has 0 fully saturated rings. The first kappa shape index (κ1) is 20.7. The van der Waals surface area contributed by atoms with E-state index in [1.807, 2.05) is 68.4 Å². The summed E-state index contributed by atoms with van der Waals surface area (Å²) in [5.74, 6) is 1.64. The number of rotatable bonds is 7. The van der Waals surface area contributed by atoms with Gasteiger partial charge < -0.3 is 15.5 Å². The predicted octanol–water partition coefficient (Wildman–Crippen LogP) is 1.47. The molecule has 2 aromatic rings. The first-order chi connectivity index (χ1) is 12.8. The third-order valence-electron chi connectivity index (χ3n) is 3.80. The lowest BCUT2D eigenvalue weighted by Crippen LogP contribution is -2.48. The highest BCUT2D eigenvalue weighted by Gasteiger charge is 2.16. The highest BCUT2D eigenvalue weighted by Crippen LogP contribution is 2.05. The number of aryl methyl sites for hydroxylation is 1. The molecule has 0 unspecified atom stereocenters. The molecule has 0 atom stereocenters. The van der Waals surface area contributed by atoms with Crippen molar-refractivity contribution in [3.63, 3.8) is 0 Å². The first-order valence-corrected chi connectivity index (χ1v) is 9.39. The molecule has 2 N–H and O–H groups in total. The molecule has 0 bridgehead atoms. The van der Waals surface area contributed by atoms with E-state index in [1.54, 1.807) is 0 Å². The second kappa shape index (κ2) is 9.34.